The third-order valence-electron chi connectivity index (χ3n) is 3.85. The lowest BCUT2D eigenvalue weighted by molar-refractivity contribution is 0.292. The van der Waals surface area contributed by atoms with Gasteiger partial charge < -0.3 is 10.1 Å². The molecule has 0 bridgehead atoms. The molecule has 1 aliphatic rings. The van der Waals surface area contributed by atoms with Gasteiger partial charge in [0.25, 0.3) is 0 Å². The summed E-state index contributed by atoms with van der Waals surface area (Å²) in [6.45, 7) is 0.785. The first kappa shape index (κ1) is 15.3. The number of hydrogen-bond acceptors (Lipinski definition) is 4. The Hall–Kier alpha value is -1.07. The molecule has 1 N–H and O–H groups in total. The van der Waals surface area contributed by atoms with E-state index < -0.39 is 9.84 Å². The summed E-state index contributed by atoms with van der Waals surface area (Å²) >= 11 is 0. The Morgan fingerprint density at radius 3 is 2.45 bits per heavy atom. The molecular weight excluding hydrogens is 274 g/mol. The molecule has 1 aromatic carbocycles. The average molecular weight is 297 g/mol. The Morgan fingerprint density at radius 1 is 1.25 bits per heavy atom. The number of methoxy groups -OCH3 is 1. The highest BCUT2D eigenvalue weighted by Crippen LogP contribution is 2.37. The highest BCUT2D eigenvalue weighted by atomic mass is 32.2. The zero-order valence-corrected chi connectivity index (χ0v) is 12.9. The smallest absolute Gasteiger partial charge is 0.147 e. The zero-order valence-electron chi connectivity index (χ0n) is 12.1. The van der Waals surface area contributed by atoms with Gasteiger partial charge in [0.15, 0.2) is 0 Å². The van der Waals surface area contributed by atoms with E-state index in [1.807, 2.05) is 12.1 Å². The van der Waals surface area contributed by atoms with Gasteiger partial charge in [-0.3, -0.25) is 0 Å². The predicted molar refractivity (Wildman–Crippen MR) is 81.1 cm³/mol. The predicted octanol–water partition coefficient (Wildman–Crippen LogP) is 1.97. The summed E-state index contributed by atoms with van der Waals surface area (Å²) in [7, 11) is -1.15. The minimum atomic E-state index is -2.82. The molecule has 0 saturated heterocycles. The summed E-state index contributed by atoms with van der Waals surface area (Å²) in [5, 5.41) is 3.42. The Balaban J connectivity index is 1.66. The van der Waals surface area contributed by atoms with Crippen LogP contribution in [0.4, 0.5) is 0 Å². The summed E-state index contributed by atoms with van der Waals surface area (Å²) in [5.74, 6) is 1.78. The number of ether oxygens (including phenoxy) is 1. The molecule has 1 fully saturated rings. The van der Waals surface area contributed by atoms with Crippen molar-refractivity contribution < 1.29 is 13.2 Å². The lowest BCUT2D eigenvalue weighted by Gasteiger charge is -2.36. The fraction of sp³-hybridized carbons (Fsp3) is 0.600. The van der Waals surface area contributed by atoms with Gasteiger partial charge in [-0.15, -0.1) is 0 Å². The maximum Gasteiger partial charge on any atom is 0.147 e. The summed E-state index contributed by atoms with van der Waals surface area (Å²) in [5.41, 5.74) is 1.36. The first-order valence-electron chi connectivity index (χ1n) is 7.03. The fourth-order valence-electron chi connectivity index (χ4n) is 2.57. The van der Waals surface area contributed by atoms with Crippen molar-refractivity contribution in [3.63, 3.8) is 0 Å². The van der Waals surface area contributed by atoms with E-state index in [2.05, 4.69) is 17.4 Å². The van der Waals surface area contributed by atoms with Crippen LogP contribution >= 0.6 is 0 Å². The summed E-state index contributed by atoms with van der Waals surface area (Å²) in [6.07, 6.45) is 4.25. The van der Waals surface area contributed by atoms with Gasteiger partial charge in [-0.2, -0.15) is 0 Å². The summed E-state index contributed by atoms with van der Waals surface area (Å²) in [6, 6.07) is 8.79. The van der Waals surface area contributed by atoms with Crippen LogP contribution in [0, 0.1) is 0 Å². The molecule has 20 heavy (non-hydrogen) atoms. The van der Waals surface area contributed by atoms with Crippen molar-refractivity contribution in [2.45, 2.75) is 31.2 Å². The van der Waals surface area contributed by atoms with Gasteiger partial charge in [-0.1, -0.05) is 12.1 Å². The van der Waals surface area contributed by atoms with Crippen molar-refractivity contribution in [1.82, 2.24) is 5.32 Å². The minimum absolute atomic E-state index is 0.272. The van der Waals surface area contributed by atoms with Crippen molar-refractivity contribution in [3.8, 4) is 5.75 Å². The highest BCUT2D eigenvalue weighted by Gasteiger charge is 2.29. The molecule has 1 aliphatic carbocycles. The second-order valence-corrected chi connectivity index (χ2v) is 7.84. The van der Waals surface area contributed by atoms with Gasteiger partial charge in [0.1, 0.15) is 15.6 Å². The molecule has 0 amide bonds. The van der Waals surface area contributed by atoms with E-state index in [0.717, 1.165) is 25.1 Å². The van der Waals surface area contributed by atoms with E-state index in [1.165, 1.54) is 11.8 Å². The SMILES string of the molecule is COc1ccc(C2CC(NCCCS(C)(=O)=O)C2)cc1. The molecule has 0 heterocycles. The van der Waals surface area contributed by atoms with Crippen LogP contribution in [0.3, 0.4) is 0 Å². The third kappa shape index (κ3) is 4.49. The molecule has 0 aromatic heterocycles. The van der Waals surface area contributed by atoms with Gasteiger partial charge in [-0.25, -0.2) is 8.42 Å². The molecule has 0 radical (unpaired) electrons. The van der Waals surface area contributed by atoms with E-state index in [-0.39, 0.29) is 5.75 Å². The molecule has 1 aromatic rings. The van der Waals surface area contributed by atoms with Crippen LogP contribution in [0.5, 0.6) is 5.75 Å². The molecule has 112 valence electrons. The maximum atomic E-state index is 11.0. The van der Waals surface area contributed by atoms with Crippen LogP contribution < -0.4 is 10.1 Å². The van der Waals surface area contributed by atoms with Crippen molar-refractivity contribution in [2.24, 2.45) is 0 Å². The number of nitrogens with one attached hydrogen (secondary N) is 1. The molecule has 0 spiro atoms. The van der Waals surface area contributed by atoms with E-state index >= 15 is 0 Å². The molecule has 0 unspecified atom stereocenters. The van der Waals surface area contributed by atoms with Crippen LogP contribution in [0.15, 0.2) is 24.3 Å². The van der Waals surface area contributed by atoms with Crippen molar-refractivity contribution in [3.05, 3.63) is 29.8 Å². The van der Waals surface area contributed by atoms with Gasteiger partial charge in [0, 0.05) is 12.3 Å². The second-order valence-electron chi connectivity index (χ2n) is 5.58. The average Bonchev–Trinajstić information content (AvgIpc) is 2.35. The van der Waals surface area contributed by atoms with Gasteiger partial charge in [0.2, 0.25) is 0 Å². The Bertz CT molecular complexity index is 519. The number of hydrogen-bond donors (Lipinski definition) is 1. The molecule has 1 saturated carbocycles. The summed E-state index contributed by atoms with van der Waals surface area (Å²) in [4.78, 5) is 0. The molecule has 0 atom stereocenters. The topological polar surface area (TPSA) is 55.4 Å². The monoisotopic (exact) mass is 297 g/mol. The van der Waals surface area contributed by atoms with Crippen molar-refractivity contribution in [1.29, 1.82) is 0 Å². The van der Waals surface area contributed by atoms with Crippen molar-refractivity contribution >= 4 is 9.84 Å². The van der Waals surface area contributed by atoms with Crippen LogP contribution in [0.25, 0.3) is 0 Å². The van der Waals surface area contributed by atoms with Gasteiger partial charge >= 0.3 is 0 Å². The maximum absolute atomic E-state index is 11.0. The zero-order chi connectivity index (χ0) is 14.6. The molecule has 5 heteroatoms. The number of benzene rings is 1. The Labute approximate surface area is 121 Å². The molecule has 2 rings (SSSR count). The summed E-state index contributed by atoms with van der Waals surface area (Å²) < 4.78 is 27.2. The fourth-order valence-corrected chi connectivity index (χ4v) is 3.24. The third-order valence-corrected chi connectivity index (χ3v) is 4.88. The van der Waals surface area contributed by atoms with Crippen LogP contribution in [-0.4, -0.2) is 40.1 Å². The van der Waals surface area contributed by atoms with Crippen LogP contribution in [0.1, 0.15) is 30.7 Å². The lowest BCUT2D eigenvalue weighted by Crippen LogP contribution is -2.40. The standard InChI is InChI=1S/C15H23NO3S/c1-19-15-6-4-12(5-7-15)13-10-14(11-13)16-8-3-9-20(2,17)18/h4-7,13-14,16H,3,8-11H2,1-2H3. The van der Waals surface area contributed by atoms with Crippen LogP contribution in [0.2, 0.25) is 0 Å². The first-order valence-corrected chi connectivity index (χ1v) is 9.09. The quantitative estimate of drug-likeness (QED) is 0.782. The molecule has 4 nitrogen and oxygen atoms in total. The van der Waals surface area contributed by atoms with Crippen LogP contribution in [-0.2, 0) is 9.84 Å². The molecular formula is C15H23NO3S. The normalized spacial score (nSPS) is 22.3. The van der Waals surface area contributed by atoms with Crippen molar-refractivity contribution in [2.75, 3.05) is 25.7 Å². The van der Waals surface area contributed by atoms with Gasteiger partial charge in [0.05, 0.1) is 12.9 Å². The Kier molecular flexibility index (Phi) is 5.05. The van der Waals surface area contributed by atoms with E-state index in [0.29, 0.717) is 18.4 Å². The largest absolute Gasteiger partial charge is 0.497 e. The lowest BCUT2D eigenvalue weighted by atomic mass is 9.76. The Morgan fingerprint density at radius 2 is 1.90 bits per heavy atom. The van der Waals surface area contributed by atoms with Gasteiger partial charge in [-0.05, 0) is 49.4 Å². The number of sulfone groups is 1. The van der Waals surface area contributed by atoms with E-state index in [9.17, 15) is 8.42 Å². The minimum Gasteiger partial charge on any atom is -0.497 e. The first-order chi connectivity index (χ1) is 9.48. The highest BCUT2D eigenvalue weighted by molar-refractivity contribution is 7.90. The second kappa shape index (κ2) is 6.59. The van der Waals surface area contributed by atoms with E-state index in [4.69, 9.17) is 4.74 Å². The van der Waals surface area contributed by atoms with E-state index in [1.54, 1.807) is 7.11 Å². The molecule has 0 aliphatic heterocycles. The number of rotatable bonds is 7.